The van der Waals surface area contributed by atoms with Gasteiger partial charge in [0, 0.05) is 16.4 Å². The molecule has 1 fully saturated rings. The zero-order chi connectivity index (χ0) is 11.0. The van der Waals surface area contributed by atoms with Gasteiger partial charge in [-0.2, -0.15) is 0 Å². The zero-order valence-corrected chi connectivity index (χ0v) is 10.2. The first kappa shape index (κ1) is 10.3. The largest absolute Gasteiger partial charge is 0.378 e. The Morgan fingerprint density at radius 3 is 3.19 bits per heavy atom. The van der Waals surface area contributed by atoms with E-state index in [0.29, 0.717) is 6.61 Å². The van der Waals surface area contributed by atoms with Crippen molar-refractivity contribution in [1.29, 1.82) is 0 Å². The second-order valence-electron chi connectivity index (χ2n) is 3.79. The smallest absolute Gasteiger partial charge is 0.163 e. The normalized spacial score (nSPS) is 21.4. The first-order chi connectivity index (χ1) is 7.84. The van der Waals surface area contributed by atoms with Gasteiger partial charge in [0.15, 0.2) is 5.76 Å². The number of benzene rings is 1. The van der Waals surface area contributed by atoms with Crippen LogP contribution in [0.1, 0.15) is 11.8 Å². The number of nitrogens with zero attached hydrogens (tertiary/aromatic N) is 1. The molecule has 1 atom stereocenters. The molecule has 0 saturated carbocycles. The molecule has 1 aromatic heterocycles. The van der Waals surface area contributed by atoms with Crippen molar-refractivity contribution in [3.8, 4) is 0 Å². The number of morpholine rings is 1. The Morgan fingerprint density at radius 2 is 2.38 bits per heavy atom. The Kier molecular flexibility index (Phi) is 2.67. The van der Waals surface area contributed by atoms with Crippen molar-refractivity contribution in [2.75, 3.05) is 19.8 Å². The van der Waals surface area contributed by atoms with Gasteiger partial charge in [-0.05, 0) is 18.2 Å². The fourth-order valence-electron chi connectivity index (χ4n) is 1.92. The van der Waals surface area contributed by atoms with E-state index in [0.717, 1.165) is 34.3 Å². The fourth-order valence-corrected chi connectivity index (χ4v) is 2.27. The maximum absolute atomic E-state index is 5.42. The Balaban J connectivity index is 2.03. The molecule has 1 aromatic carbocycles. The molecule has 0 amide bonds. The van der Waals surface area contributed by atoms with Crippen LogP contribution in [0.2, 0.25) is 0 Å². The third-order valence-electron chi connectivity index (χ3n) is 2.71. The molecule has 16 heavy (non-hydrogen) atoms. The highest BCUT2D eigenvalue weighted by Crippen LogP contribution is 2.27. The Morgan fingerprint density at radius 1 is 1.44 bits per heavy atom. The van der Waals surface area contributed by atoms with Crippen molar-refractivity contribution in [1.82, 2.24) is 10.5 Å². The lowest BCUT2D eigenvalue weighted by molar-refractivity contribution is 0.0683. The SMILES string of the molecule is Brc1ccc2c(C3COCCN3)onc2c1. The van der Waals surface area contributed by atoms with Gasteiger partial charge in [0.2, 0.25) is 0 Å². The molecule has 4 nitrogen and oxygen atoms in total. The van der Waals surface area contributed by atoms with Crippen molar-refractivity contribution >= 4 is 26.8 Å². The molecule has 2 heterocycles. The summed E-state index contributed by atoms with van der Waals surface area (Å²) < 4.78 is 11.8. The van der Waals surface area contributed by atoms with Crippen LogP contribution >= 0.6 is 15.9 Å². The van der Waals surface area contributed by atoms with Crippen molar-refractivity contribution in [2.24, 2.45) is 0 Å². The lowest BCUT2D eigenvalue weighted by Gasteiger charge is -2.21. The maximum Gasteiger partial charge on any atom is 0.163 e. The molecule has 2 aromatic rings. The standard InChI is InChI=1S/C11H11BrN2O2/c12-7-1-2-8-9(5-7)14-16-11(8)10-6-15-4-3-13-10/h1-2,5,10,13H,3-4,6H2. The quantitative estimate of drug-likeness (QED) is 0.872. The number of nitrogens with one attached hydrogen (secondary N) is 1. The van der Waals surface area contributed by atoms with E-state index in [-0.39, 0.29) is 6.04 Å². The van der Waals surface area contributed by atoms with Crippen LogP contribution in [0.15, 0.2) is 27.2 Å². The van der Waals surface area contributed by atoms with Crippen molar-refractivity contribution < 1.29 is 9.26 Å². The van der Waals surface area contributed by atoms with Crippen LogP contribution in [0.4, 0.5) is 0 Å². The summed E-state index contributed by atoms with van der Waals surface area (Å²) in [6.45, 7) is 2.25. The van der Waals surface area contributed by atoms with Gasteiger partial charge in [-0.1, -0.05) is 21.1 Å². The van der Waals surface area contributed by atoms with Crippen LogP contribution in [0.3, 0.4) is 0 Å². The second-order valence-corrected chi connectivity index (χ2v) is 4.71. The average molecular weight is 283 g/mol. The van der Waals surface area contributed by atoms with Crippen LogP contribution in [0, 0.1) is 0 Å². The van der Waals surface area contributed by atoms with E-state index >= 15 is 0 Å². The number of hydrogen-bond acceptors (Lipinski definition) is 4. The first-order valence-corrected chi connectivity index (χ1v) is 6.00. The predicted molar refractivity (Wildman–Crippen MR) is 63.3 cm³/mol. The number of halogens is 1. The minimum atomic E-state index is 0.111. The number of ether oxygens (including phenoxy) is 1. The molecule has 5 heteroatoms. The summed E-state index contributed by atoms with van der Waals surface area (Å²) in [6.07, 6.45) is 0. The summed E-state index contributed by atoms with van der Waals surface area (Å²) in [5.41, 5.74) is 0.872. The van der Waals surface area contributed by atoms with Gasteiger partial charge in [-0.3, -0.25) is 0 Å². The van der Waals surface area contributed by atoms with E-state index in [9.17, 15) is 0 Å². The van der Waals surface area contributed by atoms with Gasteiger partial charge in [0.05, 0.1) is 19.3 Å². The number of aromatic nitrogens is 1. The second kappa shape index (κ2) is 4.16. The summed E-state index contributed by atoms with van der Waals surface area (Å²) in [5, 5.41) is 8.46. The highest BCUT2D eigenvalue weighted by molar-refractivity contribution is 9.10. The van der Waals surface area contributed by atoms with Crippen LogP contribution < -0.4 is 5.32 Å². The van der Waals surface area contributed by atoms with E-state index in [2.05, 4.69) is 26.4 Å². The Labute approximate surface area is 101 Å². The molecule has 1 aliphatic heterocycles. The first-order valence-electron chi connectivity index (χ1n) is 5.20. The monoisotopic (exact) mass is 282 g/mol. The summed E-state index contributed by atoms with van der Waals surface area (Å²) in [7, 11) is 0. The third-order valence-corrected chi connectivity index (χ3v) is 3.20. The van der Waals surface area contributed by atoms with Gasteiger partial charge in [0.25, 0.3) is 0 Å². The number of hydrogen-bond donors (Lipinski definition) is 1. The zero-order valence-electron chi connectivity index (χ0n) is 8.57. The molecular formula is C11H11BrN2O2. The average Bonchev–Trinajstić information content (AvgIpc) is 2.73. The molecule has 3 rings (SSSR count). The van der Waals surface area contributed by atoms with Crippen LogP contribution in [0.25, 0.3) is 10.9 Å². The number of rotatable bonds is 1. The topological polar surface area (TPSA) is 47.3 Å². The van der Waals surface area contributed by atoms with E-state index < -0.39 is 0 Å². The van der Waals surface area contributed by atoms with Gasteiger partial charge in [-0.25, -0.2) is 0 Å². The minimum Gasteiger partial charge on any atom is -0.378 e. The minimum absolute atomic E-state index is 0.111. The van der Waals surface area contributed by atoms with Crippen LogP contribution in [0.5, 0.6) is 0 Å². The van der Waals surface area contributed by atoms with E-state index in [1.165, 1.54) is 0 Å². The molecule has 84 valence electrons. The van der Waals surface area contributed by atoms with Crippen molar-refractivity contribution in [2.45, 2.75) is 6.04 Å². The van der Waals surface area contributed by atoms with Crippen molar-refractivity contribution in [3.63, 3.8) is 0 Å². The fraction of sp³-hybridized carbons (Fsp3) is 0.364. The molecule has 1 unspecified atom stereocenters. The molecular weight excluding hydrogens is 272 g/mol. The predicted octanol–water partition coefficient (Wildman–Crippen LogP) is 2.25. The lowest BCUT2D eigenvalue weighted by atomic mass is 10.1. The van der Waals surface area contributed by atoms with Crippen LogP contribution in [-0.2, 0) is 4.74 Å². The highest BCUT2D eigenvalue weighted by atomic mass is 79.9. The van der Waals surface area contributed by atoms with Crippen LogP contribution in [-0.4, -0.2) is 24.9 Å². The lowest BCUT2D eigenvalue weighted by Crippen LogP contribution is -2.34. The molecule has 1 saturated heterocycles. The van der Waals surface area contributed by atoms with E-state index in [4.69, 9.17) is 9.26 Å². The third kappa shape index (κ3) is 1.75. The van der Waals surface area contributed by atoms with Gasteiger partial charge < -0.3 is 14.6 Å². The van der Waals surface area contributed by atoms with E-state index in [1.807, 2.05) is 18.2 Å². The molecule has 1 N–H and O–H groups in total. The summed E-state index contributed by atoms with van der Waals surface area (Å²) in [4.78, 5) is 0. The van der Waals surface area contributed by atoms with E-state index in [1.54, 1.807) is 0 Å². The molecule has 0 radical (unpaired) electrons. The summed E-state index contributed by atoms with van der Waals surface area (Å²) in [5.74, 6) is 0.863. The Bertz CT molecular complexity index is 506. The van der Waals surface area contributed by atoms with Crippen molar-refractivity contribution in [3.05, 3.63) is 28.4 Å². The molecule has 0 bridgehead atoms. The Hall–Kier alpha value is -0.910. The summed E-state index contributed by atoms with van der Waals surface area (Å²) in [6, 6.07) is 6.07. The molecule has 0 spiro atoms. The van der Waals surface area contributed by atoms with Gasteiger partial charge >= 0.3 is 0 Å². The summed E-state index contributed by atoms with van der Waals surface area (Å²) >= 11 is 3.42. The molecule has 1 aliphatic rings. The van der Waals surface area contributed by atoms with Gasteiger partial charge in [0.1, 0.15) is 5.52 Å². The maximum atomic E-state index is 5.42. The highest BCUT2D eigenvalue weighted by Gasteiger charge is 2.22. The number of fused-ring (bicyclic) bond motifs is 1. The van der Waals surface area contributed by atoms with Gasteiger partial charge in [-0.15, -0.1) is 0 Å². The molecule has 0 aliphatic carbocycles.